The smallest absolute Gasteiger partial charge is 0.226 e. The standard InChI is InChI=1S/C9H17NO2/c1-3-8-6-7(2)10(4-5-11)9(8)12/h7-8,11H,3-6H2,1-2H3. The number of rotatable bonds is 3. The Morgan fingerprint density at radius 2 is 2.33 bits per heavy atom. The zero-order valence-corrected chi connectivity index (χ0v) is 7.79. The predicted octanol–water partition coefficient (Wildman–Crippen LogP) is 0.626. The van der Waals surface area contributed by atoms with E-state index in [4.69, 9.17) is 5.11 Å². The third kappa shape index (κ3) is 1.61. The van der Waals surface area contributed by atoms with Crippen molar-refractivity contribution >= 4 is 5.91 Å². The van der Waals surface area contributed by atoms with E-state index in [9.17, 15) is 4.79 Å². The lowest BCUT2D eigenvalue weighted by Gasteiger charge is -2.19. The summed E-state index contributed by atoms with van der Waals surface area (Å²) in [4.78, 5) is 13.3. The van der Waals surface area contributed by atoms with Crippen molar-refractivity contribution in [3.05, 3.63) is 0 Å². The lowest BCUT2D eigenvalue weighted by molar-refractivity contribution is -0.132. The number of carbonyl (C=O) groups is 1. The average Bonchev–Trinajstić information content (AvgIpc) is 2.32. The molecule has 1 aliphatic rings. The van der Waals surface area contributed by atoms with Crippen LogP contribution < -0.4 is 0 Å². The van der Waals surface area contributed by atoms with E-state index in [1.807, 2.05) is 13.8 Å². The van der Waals surface area contributed by atoms with Gasteiger partial charge >= 0.3 is 0 Å². The second-order valence-electron chi connectivity index (χ2n) is 3.45. The second-order valence-corrected chi connectivity index (χ2v) is 3.45. The van der Waals surface area contributed by atoms with Crippen LogP contribution in [0.2, 0.25) is 0 Å². The number of carbonyl (C=O) groups excluding carboxylic acids is 1. The number of hydrogen-bond donors (Lipinski definition) is 1. The van der Waals surface area contributed by atoms with Gasteiger partial charge in [0, 0.05) is 18.5 Å². The van der Waals surface area contributed by atoms with Crippen LogP contribution in [-0.4, -0.2) is 35.1 Å². The molecule has 3 heteroatoms. The van der Waals surface area contributed by atoms with Crippen LogP contribution in [0.5, 0.6) is 0 Å². The Hall–Kier alpha value is -0.570. The first kappa shape index (κ1) is 9.52. The van der Waals surface area contributed by atoms with Gasteiger partial charge in [-0.25, -0.2) is 0 Å². The van der Waals surface area contributed by atoms with Crippen LogP contribution in [0, 0.1) is 5.92 Å². The predicted molar refractivity (Wildman–Crippen MR) is 46.7 cm³/mol. The Bertz CT molecular complexity index is 170. The van der Waals surface area contributed by atoms with Crippen LogP contribution in [0.1, 0.15) is 26.7 Å². The van der Waals surface area contributed by atoms with E-state index in [2.05, 4.69) is 0 Å². The Balaban J connectivity index is 2.57. The molecule has 1 amide bonds. The van der Waals surface area contributed by atoms with Gasteiger partial charge in [0.15, 0.2) is 0 Å². The summed E-state index contributed by atoms with van der Waals surface area (Å²) >= 11 is 0. The van der Waals surface area contributed by atoms with Gasteiger partial charge in [-0.15, -0.1) is 0 Å². The fourth-order valence-electron chi connectivity index (χ4n) is 1.87. The summed E-state index contributed by atoms with van der Waals surface area (Å²) in [6.45, 7) is 4.66. The molecule has 1 heterocycles. The normalized spacial score (nSPS) is 29.9. The highest BCUT2D eigenvalue weighted by molar-refractivity contribution is 5.81. The van der Waals surface area contributed by atoms with Gasteiger partial charge in [-0.1, -0.05) is 6.92 Å². The summed E-state index contributed by atoms with van der Waals surface area (Å²) in [6.07, 6.45) is 1.88. The summed E-state index contributed by atoms with van der Waals surface area (Å²) in [5.41, 5.74) is 0. The number of aliphatic hydroxyl groups excluding tert-OH is 1. The van der Waals surface area contributed by atoms with Crippen molar-refractivity contribution < 1.29 is 9.90 Å². The minimum Gasteiger partial charge on any atom is -0.395 e. The van der Waals surface area contributed by atoms with Gasteiger partial charge in [-0.05, 0) is 19.8 Å². The highest BCUT2D eigenvalue weighted by Gasteiger charge is 2.34. The first-order valence-corrected chi connectivity index (χ1v) is 4.62. The number of hydrogen-bond acceptors (Lipinski definition) is 2. The summed E-state index contributed by atoms with van der Waals surface area (Å²) in [5.74, 6) is 0.422. The van der Waals surface area contributed by atoms with Crippen molar-refractivity contribution in [2.45, 2.75) is 32.7 Å². The van der Waals surface area contributed by atoms with E-state index in [1.165, 1.54) is 0 Å². The van der Waals surface area contributed by atoms with Crippen LogP contribution in [0.15, 0.2) is 0 Å². The molecule has 1 rings (SSSR count). The van der Waals surface area contributed by atoms with Crippen molar-refractivity contribution in [1.82, 2.24) is 4.90 Å². The molecule has 0 aliphatic carbocycles. The molecular formula is C9H17NO2. The highest BCUT2D eigenvalue weighted by Crippen LogP contribution is 2.25. The molecule has 1 fully saturated rings. The molecule has 1 saturated heterocycles. The van der Waals surface area contributed by atoms with Crippen LogP contribution >= 0.6 is 0 Å². The molecule has 0 aromatic heterocycles. The van der Waals surface area contributed by atoms with E-state index in [1.54, 1.807) is 4.90 Å². The topological polar surface area (TPSA) is 40.5 Å². The van der Waals surface area contributed by atoms with Gasteiger partial charge in [-0.3, -0.25) is 4.79 Å². The number of nitrogens with zero attached hydrogens (tertiary/aromatic N) is 1. The van der Waals surface area contributed by atoms with E-state index in [0.717, 1.165) is 12.8 Å². The van der Waals surface area contributed by atoms with Crippen LogP contribution in [0.4, 0.5) is 0 Å². The third-order valence-corrected chi connectivity index (χ3v) is 2.62. The van der Waals surface area contributed by atoms with Crippen molar-refractivity contribution in [2.75, 3.05) is 13.2 Å². The summed E-state index contributed by atoms with van der Waals surface area (Å²) < 4.78 is 0. The molecule has 0 saturated carbocycles. The summed E-state index contributed by atoms with van der Waals surface area (Å²) in [5, 5.41) is 8.73. The molecule has 0 aromatic rings. The number of amides is 1. The molecule has 0 radical (unpaired) electrons. The maximum absolute atomic E-state index is 11.6. The van der Waals surface area contributed by atoms with Gasteiger partial charge in [0.2, 0.25) is 5.91 Å². The number of likely N-dealkylation sites (tertiary alicyclic amines) is 1. The third-order valence-electron chi connectivity index (χ3n) is 2.62. The van der Waals surface area contributed by atoms with Crippen molar-refractivity contribution in [1.29, 1.82) is 0 Å². The van der Waals surface area contributed by atoms with E-state index >= 15 is 0 Å². The largest absolute Gasteiger partial charge is 0.395 e. The fourth-order valence-corrected chi connectivity index (χ4v) is 1.87. The molecule has 70 valence electrons. The molecule has 2 unspecified atom stereocenters. The first-order valence-electron chi connectivity index (χ1n) is 4.62. The Labute approximate surface area is 73.4 Å². The van der Waals surface area contributed by atoms with Crippen molar-refractivity contribution in [3.63, 3.8) is 0 Å². The van der Waals surface area contributed by atoms with Gasteiger partial charge < -0.3 is 10.0 Å². The maximum atomic E-state index is 11.6. The SMILES string of the molecule is CCC1CC(C)N(CCO)C1=O. The molecule has 1 N–H and O–H groups in total. The zero-order chi connectivity index (χ0) is 9.14. The van der Waals surface area contributed by atoms with Crippen molar-refractivity contribution in [2.24, 2.45) is 5.92 Å². The Kier molecular flexibility index (Phi) is 3.09. The quantitative estimate of drug-likeness (QED) is 0.676. The fraction of sp³-hybridized carbons (Fsp3) is 0.889. The molecule has 2 atom stereocenters. The second kappa shape index (κ2) is 3.90. The van der Waals surface area contributed by atoms with Gasteiger partial charge in [-0.2, -0.15) is 0 Å². The van der Waals surface area contributed by atoms with Gasteiger partial charge in [0.1, 0.15) is 0 Å². The number of β-amino-alcohol motifs (C(OH)–C–C–N with tert-alkyl or cyclic N) is 1. The molecule has 0 aromatic carbocycles. The van der Waals surface area contributed by atoms with E-state index in [-0.39, 0.29) is 18.4 Å². The molecular weight excluding hydrogens is 154 g/mol. The lowest BCUT2D eigenvalue weighted by atomic mass is 10.0. The number of aliphatic hydroxyl groups is 1. The van der Waals surface area contributed by atoms with Crippen LogP contribution in [-0.2, 0) is 4.79 Å². The zero-order valence-electron chi connectivity index (χ0n) is 7.79. The van der Waals surface area contributed by atoms with Crippen LogP contribution in [0.3, 0.4) is 0 Å². The minimum atomic E-state index is 0.0759. The Morgan fingerprint density at radius 3 is 2.75 bits per heavy atom. The van der Waals surface area contributed by atoms with Crippen molar-refractivity contribution in [3.8, 4) is 0 Å². The molecule has 3 nitrogen and oxygen atoms in total. The van der Waals surface area contributed by atoms with Gasteiger partial charge in [0.05, 0.1) is 6.61 Å². The van der Waals surface area contributed by atoms with Gasteiger partial charge in [0.25, 0.3) is 0 Å². The lowest BCUT2D eigenvalue weighted by Crippen LogP contribution is -2.34. The minimum absolute atomic E-state index is 0.0759. The van der Waals surface area contributed by atoms with Crippen LogP contribution in [0.25, 0.3) is 0 Å². The highest BCUT2D eigenvalue weighted by atomic mass is 16.3. The Morgan fingerprint density at radius 1 is 1.67 bits per heavy atom. The first-order chi connectivity index (χ1) is 5.70. The summed E-state index contributed by atoms with van der Waals surface area (Å²) in [7, 11) is 0. The summed E-state index contributed by atoms with van der Waals surface area (Å²) in [6, 6.07) is 0.314. The molecule has 12 heavy (non-hydrogen) atoms. The monoisotopic (exact) mass is 171 g/mol. The molecule has 1 aliphatic heterocycles. The molecule has 0 spiro atoms. The average molecular weight is 171 g/mol. The maximum Gasteiger partial charge on any atom is 0.226 e. The van der Waals surface area contributed by atoms with E-state index in [0.29, 0.717) is 12.6 Å². The molecule has 0 bridgehead atoms. The van der Waals surface area contributed by atoms with E-state index < -0.39 is 0 Å².